The number of para-hydroxylation sites is 1. The number of aryl methyl sites for hydroxylation is 1. The summed E-state index contributed by atoms with van der Waals surface area (Å²) in [7, 11) is -4.34. The van der Waals surface area contributed by atoms with Gasteiger partial charge >= 0.3 is 13.7 Å². The Balaban J connectivity index is 1.41. The first-order valence-electron chi connectivity index (χ1n) is 13.9. The van der Waals surface area contributed by atoms with E-state index in [1.165, 1.54) is 13.3 Å². The number of carbonyl (C=O) groups is 1. The molecule has 2 aliphatic rings. The van der Waals surface area contributed by atoms with Crippen molar-refractivity contribution in [2.24, 2.45) is 0 Å². The maximum Gasteiger partial charge on any atom is 0.459 e. The van der Waals surface area contributed by atoms with Gasteiger partial charge in [0, 0.05) is 6.42 Å². The van der Waals surface area contributed by atoms with Gasteiger partial charge in [0.15, 0.2) is 17.1 Å². The lowest BCUT2D eigenvalue weighted by molar-refractivity contribution is -0.152. The van der Waals surface area contributed by atoms with E-state index >= 15 is 0 Å². The normalized spacial score (nSPS) is 25.0. The number of aliphatic hydroxyl groups is 1. The molecule has 2 aromatic heterocycles. The number of nitrogens with two attached hydrogens (primary N) is 1. The molecule has 0 radical (unpaired) electrons. The molecule has 1 aliphatic heterocycles. The fourth-order valence-electron chi connectivity index (χ4n) is 5.22. The number of ether oxygens (including phenoxy) is 2. The number of fused-ring (bicyclic) bond motifs is 1. The summed E-state index contributed by atoms with van der Waals surface area (Å²) < 4.78 is 39.7. The van der Waals surface area contributed by atoms with Crippen LogP contribution in [0.15, 0.2) is 36.7 Å². The van der Waals surface area contributed by atoms with Crippen LogP contribution in [0.3, 0.4) is 0 Å². The lowest BCUT2D eigenvalue weighted by atomic mass is 9.98. The van der Waals surface area contributed by atoms with Crippen molar-refractivity contribution < 1.29 is 33.0 Å². The number of benzene rings is 1. The van der Waals surface area contributed by atoms with Gasteiger partial charge < -0.3 is 24.8 Å². The molecule has 224 valence electrons. The van der Waals surface area contributed by atoms with E-state index in [9.17, 15) is 14.5 Å². The van der Waals surface area contributed by atoms with Gasteiger partial charge in [-0.05, 0) is 51.7 Å². The van der Waals surface area contributed by atoms with Gasteiger partial charge in [0.25, 0.3) is 0 Å². The number of nitrogen functional groups attached to an aromatic ring is 1. The third-order valence-corrected chi connectivity index (χ3v) is 9.09. The van der Waals surface area contributed by atoms with Gasteiger partial charge in [-0.15, -0.1) is 6.42 Å². The van der Waals surface area contributed by atoms with Crippen LogP contribution in [-0.2, 0) is 23.4 Å². The van der Waals surface area contributed by atoms with Crippen molar-refractivity contribution in [2.45, 2.75) is 82.5 Å². The minimum Gasteiger partial charge on any atom is -0.461 e. The second-order valence-electron chi connectivity index (χ2n) is 10.5. The number of aromatic nitrogens is 4. The minimum absolute atomic E-state index is 0.0316. The van der Waals surface area contributed by atoms with Crippen LogP contribution in [0.2, 0.25) is 0 Å². The summed E-state index contributed by atoms with van der Waals surface area (Å²) in [4.78, 5) is 25.8. The van der Waals surface area contributed by atoms with Crippen molar-refractivity contribution in [1.29, 1.82) is 0 Å². The second kappa shape index (κ2) is 12.4. The van der Waals surface area contributed by atoms with Crippen LogP contribution < -0.4 is 15.3 Å². The summed E-state index contributed by atoms with van der Waals surface area (Å²) >= 11 is 0. The molecule has 1 aliphatic carbocycles. The molecular formula is C28H35N6O7P. The Morgan fingerprint density at radius 1 is 1.31 bits per heavy atom. The minimum atomic E-state index is -4.34. The zero-order valence-corrected chi connectivity index (χ0v) is 24.4. The molecule has 42 heavy (non-hydrogen) atoms. The van der Waals surface area contributed by atoms with Crippen molar-refractivity contribution in [3.8, 4) is 18.1 Å². The van der Waals surface area contributed by atoms with Crippen molar-refractivity contribution in [3.05, 3.63) is 42.5 Å². The molecule has 1 saturated carbocycles. The highest BCUT2D eigenvalue weighted by atomic mass is 31.2. The Kier molecular flexibility index (Phi) is 8.82. The predicted octanol–water partition coefficient (Wildman–Crippen LogP) is 3.43. The van der Waals surface area contributed by atoms with E-state index in [1.807, 2.05) is 0 Å². The Labute approximate surface area is 243 Å². The average molecular weight is 599 g/mol. The number of rotatable bonds is 10. The van der Waals surface area contributed by atoms with Crippen molar-refractivity contribution in [3.63, 3.8) is 0 Å². The van der Waals surface area contributed by atoms with E-state index in [0.717, 1.165) is 32.1 Å². The molecule has 13 nitrogen and oxygen atoms in total. The lowest BCUT2D eigenvalue weighted by Gasteiger charge is -2.31. The number of terminal acetylenes is 1. The Morgan fingerprint density at radius 2 is 2.05 bits per heavy atom. The van der Waals surface area contributed by atoms with Gasteiger partial charge in [-0.1, -0.05) is 30.5 Å². The van der Waals surface area contributed by atoms with Gasteiger partial charge in [-0.2, -0.15) is 5.09 Å². The van der Waals surface area contributed by atoms with Gasteiger partial charge in [-0.25, -0.2) is 19.5 Å². The smallest absolute Gasteiger partial charge is 0.459 e. The molecule has 3 aromatic rings. The highest BCUT2D eigenvalue weighted by molar-refractivity contribution is 7.52. The molecule has 0 unspecified atom stereocenters. The van der Waals surface area contributed by atoms with E-state index in [-0.39, 0.29) is 24.1 Å². The molecule has 2 fully saturated rings. The number of carbonyl (C=O) groups excluding carboxylic acids is 1. The maximum absolute atomic E-state index is 14.3. The third kappa shape index (κ3) is 6.28. The summed E-state index contributed by atoms with van der Waals surface area (Å²) in [5.74, 6) is 2.75. The predicted molar refractivity (Wildman–Crippen MR) is 153 cm³/mol. The first-order chi connectivity index (χ1) is 20.1. The van der Waals surface area contributed by atoms with Crippen molar-refractivity contribution in [1.82, 2.24) is 24.6 Å². The van der Waals surface area contributed by atoms with E-state index < -0.39 is 44.3 Å². The number of imidazole rings is 1. The SMILES string of the molecule is C#C[C@]1(CO)O[C@@H](n2cnc3c(N)nc(C)nc32)C[C@@H]1O[P@@](=O)(N[C@@H](C)C(=O)OC1CCCCC1)Oc1ccccc1. The fourth-order valence-corrected chi connectivity index (χ4v) is 6.94. The number of esters is 1. The highest BCUT2D eigenvalue weighted by Crippen LogP contribution is 2.52. The van der Waals surface area contributed by atoms with Crippen LogP contribution in [-0.4, -0.2) is 61.1 Å². The number of hydrogen-bond donors (Lipinski definition) is 3. The molecule has 0 amide bonds. The van der Waals surface area contributed by atoms with Crippen LogP contribution in [0.1, 0.15) is 57.5 Å². The van der Waals surface area contributed by atoms with Crippen LogP contribution >= 0.6 is 7.75 Å². The first-order valence-corrected chi connectivity index (χ1v) is 15.4. The quantitative estimate of drug-likeness (QED) is 0.177. The molecule has 4 N–H and O–H groups in total. The monoisotopic (exact) mass is 598 g/mol. The van der Waals surface area contributed by atoms with E-state index in [2.05, 4.69) is 26.0 Å². The number of nitrogens with zero attached hydrogens (tertiary/aromatic N) is 4. The highest BCUT2D eigenvalue weighted by Gasteiger charge is 2.53. The zero-order valence-electron chi connectivity index (χ0n) is 23.5. The standard InChI is InChI=1S/C28H35N6O7P/c1-4-28(16-35)22(15-23(39-28)34-17-30-24-25(29)31-19(3)32-26(24)34)41-42(37,40-21-13-9-6-10-14-21)33-18(2)27(36)38-20-11-7-5-8-12-20/h1,6,9-10,13-14,17-18,20,22-23,35H,5,7-8,11-12,15-16H2,2-3H3,(H,33,37)(H2,29,31,32)/t18-,22-,23+,28+,42+/m0/s1. The van der Waals surface area contributed by atoms with Crippen LogP contribution in [0.5, 0.6) is 5.75 Å². The lowest BCUT2D eigenvalue weighted by Crippen LogP contribution is -2.45. The molecule has 1 saturated heterocycles. The molecular weight excluding hydrogens is 563 g/mol. The second-order valence-corrected chi connectivity index (χ2v) is 12.2. The summed E-state index contributed by atoms with van der Waals surface area (Å²) in [6.07, 6.45) is 9.87. The van der Waals surface area contributed by atoms with E-state index in [4.69, 9.17) is 30.7 Å². The summed E-state index contributed by atoms with van der Waals surface area (Å²) in [5.41, 5.74) is 5.08. The average Bonchev–Trinajstić information content (AvgIpc) is 3.55. The molecule has 5 atom stereocenters. The fraction of sp³-hybridized carbons (Fsp3) is 0.500. The number of hydrogen-bond acceptors (Lipinski definition) is 11. The number of anilines is 1. The van der Waals surface area contributed by atoms with Crippen molar-refractivity contribution >= 4 is 30.7 Å². The summed E-state index contributed by atoms with van der Waals surface area (Å²) in [5, 5.41) is 13.1. The third-order valence-electron chi connectivity index (χ3n) is 7.41. The Hall–Kier alpha value is -3.53. The zero-order chi connectivity index (χ0) is 29.9. The first kappa shape index (κ1) is 29.9. The van der Waals surface area contributed by atoms with Gasteiger partial charge in [0.2, 0.25) is 0 Å². The van der Waals surface area contributed by atoms with E-state index in [1.54, 1.807) is 41.8 Å². The van der Waals surface area contributed by atoms with Crippen molar-refractivity contribution in [2.75, 3.05) is 12.3 Å². The van der Waals surface area contributed by atoms with E-state index in [0.29, 0.717) is 17.0 Å². The largest absolute Gasteiger partial charge is 0.461 e. The topological polar surface area (TPSA) is 173 Å². The van der Waals surface area contributed by atoms with Gasteiger partial charge in [-0.3, -0.25) is 13.9 Å². The molecule has 0 bridgehead atoms. The number of nitrogens with one attached hydrogen (secondary N) is 1. The summed E-state index contributed by atoms with van der Waals surface area (Å²) in [6.45, 7) is 2.56. The summed E-state index contributed by atoms with van der Waals surface area (Å²) in [6, 6.07) is 7.33. The molecule has 14 heteroatoms. The molecule has 5 rings (SSSR count). The Bertz CT molecular complexity index is 1510. The molecule has 0 spiro atoms. The van der Waals surface area contributed by atoms with Gasteiger partial charge in [0.05, 0.1) is 12.9 Å². The maximum atomic E-state index is 14.3. The van der Waals surface area contributed by atoms with Gasteiger partial charge in [0.1, 0.15) is 41.6 Å². The molecule has 3 heterocycles. The molecule has 1 aromatic carbocycles. The number of aliphatic hydroxyl groups excluding tert-OH is 1. The van der Waals surface area contributed by atoms with Crippen LogP contribution in [0, 0.1) is 19.3 Å². The van der Waals surface area contributed by atoms with Crippen LogP contribution in [0.4, 0.5) is 5.82 Å². The Morgan fingerprint density at radius 3 is 2.74 bits per heavy atom. The van der Waals surface area contributed by atoms with Crippen LogP contribution in [0.25, 0.3) is 11.2 Å².